The first-order valence-corrected chi connectivity index (χ1v) is 8.64. The van der Waals surface area contributed by atoms with Gasteiger partial charge in [-0.3, -0.25) is 4.90 Å². The van der Waals surface area contributed by atoms with Gasteiger partial charge in [-0.1, -0.05) is 41.4 Å². The van der Waals surface area contributed by atoms with Gasteiger partial charge >= 0.3 is 0 Å². The minimum atomic E-state index is 0.477. The molecule has 0 unspecified atom stereocenters. The number of rotatable bonds is 6. The van der Waals surface area contributed by atoms with Gasteiger partial charge < -0.3 is 4.74 Å². The van der Waals surface area contributed by atoms with Crippen LogP contribution in [0.5, 0.6) is 5.88 Å². The van der Waals surface area contributed by atoms with Crippen LogP contribution in [-0.4, -0.2) is 29.6 Å². The normalized spacial score (nSPS) is 14.5. The molecule has 1 aromatic carbocycles. The molecule has 0 spiro atoms. The monoisotopic (exact) mass is 330 g/mol. The van der Waals surface area contributed by atoms with Gasteiger partial charge in [0, 0.05) is 19.2 Å². The van der Waals surface area contributed by atoms with Crippen molar-refractivity contribution in [2.75, 3.05) is 19.7 Å². The lowest BCUT2D eigenvalue weighted by Gasteiger charge is -2.29. The molecule has 122 valence electrons. The number of pyridine rings is 1. The molecule has 4 heteroatoms. The Kier molecular flexibility index (Phi) is 5.52. The molecule has 0 bridgehead atoms. The largest absolute Gasteiger partial charge is 0.478 e. The molecular weight excluding hydrogens is 308 g/mol. The molecule has 3 nitrogen and oxygen atoms in total. The van der Waals surface area contributed by atoms with Crippen molar-refractivity contribution in [1.82, 2.24) is 9.88 Å². The Bertz CT molecular complexity index is 660. The molecule has 0 saturated heterocycles. The second-order valence-corrected chi connectivity index (χ2v) is 6.54. The molecule has 2 aromatic rings. The topological polar surface area (TPSA) is 25.4 Å². The predicted molar refractivity (Wildman–Crippen MR) is 94.1 cm³/mol. The van der Waals surface area contributed by atoms with Crippen LogP contribution in [0.15, 0.2) is 36.4 Å². The summed E-state index contributed by atoms with van der Waals surface area (Å²) in [6.45, 7) is 6.22. The number of fused-ring (bicyclic) bond motifs is 1. The fraction of sp³-hybridized carbons (Fsp3) is 0.421. The van der Waals surface area contributed by atoms with Crippen LogP contribution in [-0.2, 0) is 13.0 Å². The van der Waals surface area contributed by atoms with E-state index in [9.17, 15) is 0 Å². The molecule has 1 aromatic heterocycles. The van der Waals surface area contributed by atoms with Gasteiger partial charge in [0.1, 0.15) is 5.15 Å². The second kappa shape index (κ2) is 7.80. The molecule has 2 heterocycles. The summed E-state index contributed by atoms with van der Waals surface area (Å²) < 4.78 is 5.63. The van der Waals surface area contributed by atoms with Gasteiger partial charge in [0.05, 0.1) is 6.61 Å². The minimum Gasteiger partial charge on any atom is -0.478 e. The van der Waals surface area contributed by atoms with E-state index in [2.05, 4.69) is 35.0 Å². The summed E-state index contributed by atoms with van der Waals surface area (Å²) in [5.41, 5.74) is 4.37. The number of nitrogens with zero attached hydrogens (tertiary/aromatic N) is 2. The molecule has 23 heavy (non-hydrogen) atoms. The molecule has 1 aliphatic rings. The first kappa shape index (κ1) is 16.3. The summed E-state index contributed by atoms with van der Waals surface area (Å²) in [7, 11) is 0. The Morgan fingerprint density at radius 1 is 1.17 bits per heavy atom. The van der Waals surface area contributed by atoms with Crippen molar-refractivity contribution in [3.05, 3.63) is 58.2 Å². The lowest BCUT2D eigenvalue weighted by Crippen LogP contribution is -2.31. The van der Waals surface area contributed by atoms with E-state index in [1.807, 2.05) is 12.1 Å². The van der Waals surface area contributed by atoms with Crippen LogP contribution in [0.2, 0.25) is 5.15 Å². The van der Waals surface area contributed by atoms with Gasteiger partial charge in [-0.15, -0.1) is 0 Å². The highest BCUT2D eigenvalue weighted by molar-refractivity contribution is 6.29. The maximum absolute atomic E-state index is 5.84. The average molecular weight is 331 g/mol. The van der Waals surface area contributed by atoms with Crippen molar-refractivity contribution in [2.24, 2.45) is 0 Å². The molecule has 1 aliphatic heterocycles. The van der Waals surface area contributed by atoms with Gasteiger partial charge in [-0.25, -0.2) is 4.98 Å². The summed E-state index contributed by atoms with van der Waals surface area (Å²) in [6.07, 6.45) is 3.34. The van der Waals surface area contributed by atoms with Crippen molar-refractivity contribution < 1.29 is 4.74 Å². The molecule has 0 N–H and O–H groups in total. The molecule has 0 fully saturated rings. The quantitative estimate of drug-likeness (QED) is 0.584. The van der Waals surface area contributed by atoms with E-state index < -0.39 is 0 Å². The third-order valence-electron chi connectivity index (χ3n) is 4.26. The SMILES string of the molecule is Cc1ccc2c(c1)CN(CCCCOc1cccc(Cl)n1)CC2. The number of halogens is 1. The van der Waals surface area contributed by atoms with E-state index in [1.54, 1.807) is 6.07 Å². The van der Waals surface area contributed by atoms with E-state index >= 15 is 0 Å². The van der Waals surface area contributed by atoms with Crippen LogP contribution >= 0.6 is 11.6 Å². The highest BCUT2D eigenvalue weighted by atomic mass is 35.5. The molecule has 0 radical (unpaired) electrons. The number of hydrogen-bond acceptors (Lipinski definition) is 3. The summed E-state index contributed by atoms with van der Waals surface area (Å²) in [5.74, 6) is 0.611. The zero-order valence-electron chi connectivity index (χ0n) is 13.6. The van der Waals surface area contributed by atoms with Crippen molar-refractivity contribution in [3.8, 4) is 5.88 Å². The van der Waals surface area contributed by atoms with Gasteiger partial charge in [-0.2, -0.15) is 0 Å². The van der Waals surface area contributed by atoms with Crippen LogP contribution in [0.3, 0.4) is 0 Å². The van der Waals surface area contributed by atoms with Gasteiger partial charge in [0.15, 0.2) is 0 Å². The fourth-order valence-electron chi connectivity index (χ4n) is 3.02. The smallest absolute Gasteiger partial charge is 0.214 e. The van der Waals surface area contributed by atoms with E-state index in [0.29, 0.717) is 17.6 Å². The maximum atomic E-state index is 5.84. The van der Waals surface area contributed by atoms with Crippen LogP contribution in [0.25, 0.3) is 0 Å². The minimum absolute atomic E-state index is 0.477. The van der Waals surface area contributed by atoms with E-state index in [1.165, 1.54) is 23.1 Å². The maximum Gasteiger partial charge on any atom is 0.214 e. The summed E-state index contributed by atoms with van der Waals surface area (Å²) >= 11 is 5.84. The Morgan fingerprint density at radius 2 is 2.09 bits per heavy atom. The third kappa shape index (κ3) is 4.69. The lowest BCUT2D eigenvalue weighted by molar-refractivity contribution is 0.233. The molecule has 0 saturated carbocycles. The number of unbranched alkanes of at least 4 members (excludes halogenated alkanes) is 1. The predicted octanol–water partition coefficient (Wildman–Crippen LogP) is 4.26. The number of aromatic nitrogens is 1. The highest BCUT2D eigenvalue weighted by Gasteiger charge is 2.15. The van der Waals surface area contributed by atoms with Crippen molar-refractivity contribution in [2.45, 2.75) is 32.7 Å². The Balaban J connectivity index is 1.38. The highest BCUT2D eigenvalue weighted by Crippen LogP contribution is 2.20. The van der Waals surface area contributed by atoms with Crippen LogP contribution in [0, 0.1) is 6.92 Å². The Hall–Kier alpha value is -1.58. The van der Waals surface area contributed by atoms with Crippen molar-refractivity contribution in [1.29, 1.82) is 0 Å². The zero-order chi connectivity index (χ0) is 16.1. The van der Waals surface area contributed by atoms with Gasteiger partial charge in [-0.05, 0) is 49.9 Å². The number of aryl methyl sites for hydroxylation is 1. The van der Waals surface area contributed by atoms with Crippen molar-refractivity contribution >= 4 is 11.6 Å². The standard InChI is InChI=1S/C19H23ClN2O/c1-15-7-8-16-9-11-22(14-17(16)13-15)10-2-3-12-23-19-6-4-5-18(20)21-19/h4-8,13H,2-3,9-12,14H2,1H3. The van der Waals surface area contributed by atoms with Gasteiger partial charge in [0.25, 0.3) is 0 Å². The number of hydrogen-bond donors (Lipinski definition) is 0. The lowest BCUT2D eigenvalue weighted by atomic mass is 9.97. The fourth-order valence-corrected chi connectivity index (χ4v) is 3.18. The third-order valence-corrected chi connectivity index (χ3v) is 4.47. The first-order valence-electron chi connectivity index (χ1n) is 8.27. The van der Waals surface area contributed by atoms with E-state index in [-0.39, 0.29) is 0 Å². The zero-order valence-corrected chi connectivity index (χ0v) is 14.4. The van der Waals surface area contributed by atoms with E-state index in [0.717, 1.165) is 32.5 Å². The van der Waals surface area contributed by atoms with Gasteiger partial charge in [0.2, 0.25) is 5.88 Å². The van der Waals surface area contributed by atoms with Crippen molar-refractivity contribution in [3.63, 3.8) is 0 Å². The molecular formula is C19H23ClN2O. The Morgan fingerprint density at radius 3 is 2.96 bits per heavy atom. The number of benzene rings is 1. The second-order valence-electron chi connectivity index (χ2n) is 6.15. The summed E-state index contributed by atoms with van der Waals surface area (Å²) in [4.78, 5) is 6.67. The van der Waals surface area contributed by atoms with Crippen LogP contribution in [0.4, 0.5) is 0 Å². The molecule has 0 aliphatic carbocycles. The molecule has 0 amide bonds. The van der Waals surface area contributed by atoms with E-state index in [4.69, 9.17) is 16.3 Å². The number of ether oxygens (including phenoxy) is 1. The van der Waals surface area contributed by atoms with Crippen LogP contribution in [0.1, 0.15) is 29.5 Å². The first-order chi connectivity index (χ1) is 11.2. The summed E-state index contributed by atoms with van der Waals surface area (Å²) in [5, 5.41) is 0.477. The molecule has 0 atom stereocenters. The van der Waals surface area contributed by atoms with Crippen LogP contribution < -0.4 is 4.74 Å². The average Bonchev–Trinajstić information content (AvgIpc) is 2.54. The Labute approximate surface area is 143 Å². The molecule has 3 rings (SSSR count). The summed E-state index contributed by atoms with van der Waals surface area (Å²) in [6, 6.07) is 12.3.